The van der Waals surface area contributed by atoms with Crippen LogP contribution < -0.4 is 0 Å². The Morgan fingerprint density at radius 1 is 1.12 bits per heavy atom. The van der Waals surface area contributed by atoms with E-state index >= 15 is 0 Å². The van der Waals surface area contributed by atoms with Gasteiger partial charge in [0.25, 0.3) is 0 Å². The Morgan fingerprint density at radius 3 is 1.88 bits per heavy atom. The molecule has 0 saturated carbocycles. The van der Waals surface area contributed by atoms with Crippen molar-refractivity contribution in [3.8, 4) is 0 Å². The molecular weight excluding hydrogens is 210 g/mol. The number of rotatable bonds is 4. The minimum absolute atomic E-state index is 0.411. The highest BCUT2D eigenvalue weighted by molar-refractivity contribution is 5.04. The van der Waals surface area contributed by atoms with E-state index in [0.29, 0.717) is 0 Å². The molecule has 0 spiro atoms. The van der Waals surface area contributed by atoms with Crippen molar-refractivity contribution < 1.29 is 13.5 Å². The third-order valence-corrected chi connectivity index (χ3v) is 2.04. The largest absolute Gasteiger partial charge is 0.384 e. The molecule has 3 heteroatoms. The summed E-state index contributed by atoms with van der Waals surface area (Å²) in [7, 11) is 1.76. The molecular formula is C13H20F2O. The summed E-state index contributed by atoms with van der Waals surface area (Å²) in [6, 6.07) is 4.31. The Bertz CT molecular complexity index is 232. The maximum absolute atomic E-state index is 11.9. The summed E-state index contributed by atoms with van der Waals surface area (Å²) in [5.41, 5.74) is 0. The van der Waals surface area contributed by atoms with Gasteiger partial charge in [-0.3, -0.25) is 0 Å². The Morgan fingerprint density at radius 2 is 1.56 bits per heavy atom. The van der Waals surface area contributed by atoms with Gasteiger partial charge in [-0.2, -0.15) is 0 Å². The van der Waals surface area contributed by atoms with Gasteiger partial charge in [-0.25, -0.2) is 8.78 Å². The second kappa shape index (κ2) is 9.28. The average molecular weight is 230 g/mol. The van der Waals surface area contributed by atoms with Crippen LogP contribution in [0.25, 0.3) is 0 Å². The van der Waals surface area contributed by atoms with Crippen molar-refractivity contribution in [1.29, 1.82) is 0 Å². The first kappa shape index (κ1) is 15.0. The van der Waals surface area contributed by atoms with Gasteiger partial charge in [0.15, 0.2) is 0 Å². The standard InChI is InChI=1S/C7H16O.C6H4F2/c1-4-5-7(2)6-8-3;7-5-1-2-6(8)4-3-5/h7H,4-6H2,1-3H3;1-4H. The van der Waals surface area contributed by atoms with Gasteiger partial charge in [-0.15, -0.1) is 0 Å². The highest BCUT2D eigenvalue weighted by Crippen LogP contribution is 2.03. The highest BCUT2D eigenvalue weighted by atomic mass is 19.1. The molecule has 0 heterocycles. The van der Waals surface area contributed by atoms with E-state index < -0.39 is 11.6 Å². The normalized spacial score (nSPS) is 11.6. The predicted molar refractivity (Wildman–Crippen MR) is 62.3 cm³/mol. The lowest BCUT2D eigenvalue weighted by atomic mass is 10.1. The molecule has 0 aliphatic heterocycles. The van der Waals surface area contributed by atoms with Crippen LogP contribution in [0.15, 0.2) is 24.3 Å². The van der Waals surface area contributed by atoms with Crippen molar-refractivity contribution in [2.75, 3.05) is 13.7 Å². The Balaban J connectivity index is 0.000000281. The third-order valence-electron chi connectivity index (χ3n) is 2.04. The summed E-state index contributed by atoms with van der Waals surface area (Å²) in [5.74, 6) is -0.0807. The van der Waals surface area contributed by atoms with Crippen LogP contribution in [-0.2, 0) is 4.74 Å². The second-order valence-electron chi connectivity index (χ2n) is 3.79. The quantitative estimate of drug-likeness (QED) is 0.758. The van der Waals surface area contributed by atoms with E-state index in [4.69, 9.17) is 4.74 Å². The van der Waals surface area contributed by atoms with Gasteiger partial charge < -0.3 is 4.74 Å². The number of benzene rings is 1. The van der Waals surface area contributed by atoms with E-state index in [0.717, 1.165) is 36.8 Å². The first-order valence-corrected chi connectivity index (χ1v) is 5.50. The summed E-state index contributed by atoms with van der Waals surface area (Å²) >= 11 is 0. The van der Waals surface area contributed by atoms with Crippen LogP contribution in [0.5, 0.6) is 0 Å². The van der Waals surface area contributed by atoms with E-state index in [-0.39, 0.29) is 0 Å². The van der Waals surface area contributed by atoms with Crippen LogP contribution in [0.1, 0.15) is 26.7 Å². The summed E-state index contributed by atoms with van der Waals surface area (Å²) in [6.45, 7) is 5.33. The number of methoxy groups -OCH3 is 1. The van der Waals surface area contributed by atoms with Gasteiger partial charge in [0.1, 0.15) is 11.6 Å². The fourth-order valence-corrected chi connectivity index (χ4v) is 1.29. The van der Waals surface area contributed by atoms with E-state index in [9.17, 15) is 8.78 Å². The average Bonchev–Trinajstić information content (AvgIpc) is 2.24. The molecule has 0 bridgehead atoms. The van der Waals surface area contributed by atoms with E-state index in [2.05, 4.69) is 13.8 Å². The van der Waals surface area contributed by atoms with Gasteiger partial charge in [0.2, 0.25) is 0 Å². The van der Waals surface area contributed by atoms with Crippen molar-refractivity contribution in [2.45, 2.75) is 26.7 Å². The zero-order valence-electron chi connectivity index (χ0n) is 10.2. The number of hydrogen-bond acceptors (Lipinski definition) is 1. The second-order valence-corrected chi connectivity index (χ2v) is 3.79. The molecule has 0 aliphatic rings. The lowest BCUT2D eigenvalue weighted by Crippen LogP contribution is -2.01. The highest BCUT2D eigenvalue weighted by Gasteiger charge is 1.96. The van der Waals surface area contributed by atoms with Crippen LogP contribution >= 0.6 is 0 Å². The van der Waals surface area contributed by atoms with Crippen molar-refractivity contribution in [1.82, 2.24) is 0 Å². The molecule has 1 aromatic rings. The van der Waals surface area contributed by atoms with Gasteiger partial charge in [-0.05, 0) is 36.6 Å². The fraction of sp³-hybridized carbons (Fsp3) is 0.538. The number of halogens is 2. The van der Waals surface area contributed by atoms with Gasteiger partial charge >= 0.3 is 0 Å². The van der Waals surface area contributed by atoms with Crippen molar-refractivity contribution in [3.63, 3.8) is 0 Å². The molecule has 1 unspecified atom stereocenters. The van der Waals surface area contributed by atoms with Gasteiger partial charge in [0.05, 0.1) is 0 Å². The number of ether oxygens (including phenoxy) is 1. The minimum Gasteiger partial charge on any atom is -0.384 e. The lowest BCUT2D eigenvalue weighted by Gasteiger charge is -2.06. The lowest BCUT2D eigenvalue weighted by molar-refractivity contribution is 0.155. The summed E-state index contributed by atoms with van der Waals surface area (Å²) in [6.07, 6.45) is 2.55. The zero-order valence-corrected chi connectivity index (χ0v) is 10.2. The van der Waals surface area contributed by atoms with Crippen LogP contribution in [0.2, 0.25) is 0 Å². The molecule has 1 aromatic carbocycles. The first-order chi connectivity index (χ1) is 7.60. The predicted octanol–water partition coefficient (Wildman–Crippen LogP) is 4.03. The van der Waals surface area contributed by atoms with E-state index in [1.807, 2.05) is 0 Å². The van der Waals surface area contributed by atoms with Crippen LogP contribution in [0, 0.1) is 17.6 Å². The molecule has 0 amide bonds. The van der Waals surface area contributed by atoms with Crippen molar-refractivity contribution in [3.05, 3.63) is 35.9 Å². The maximum Gasteiger partial charge on any atom is 0.123 e. The van der Waals surface area contributed by atoms with Crippen molar-refractivity contribution in [2.24, 2.45) is 5.92 Å². The molecule has 0 aliphatic carbocycles. The van der Waals surface area contributed by atoms with Crippen LogP contribution in [-0.4, -0.2) is 13.7 Å². The van der Waals surface area contributed by atoms with E-state index in [1.165, 1.54) is 12.8 Å². The van der Waals surface area contributed by atoms with Crippen molar-refractivity contribution >= 4 is 0 Å². The Labute approximate surface area is 96.4 Å². The maximum atomic E-state index is 11.9. The molecule has 1 atom stereocenters. The van der Waals surface area contributed by atoms with E-state index in [1.54, 1.807) is 7.11 Å². The molecule has 0 N–H and O–H groups in total. The fourth-order valence-electron chi connectivity index (χ4n) is 1.29. The topological polar surface area (TPSA) is 9.23 Å². The van der Waals surface area contributed by atoms with Crippen LogP contribution in [0.3, 0.4) is 0 Å². The summed E-state index contributed by atoms with van der Waals surface area (Å²) in [5, 5.41) is 0. The molecule has 0 aromatic heterocycles. The zero-order chi connectivity index (χ0) is 12.4. The molecule has 92 valence electrons. The summed E-state index contributed by atoms with van der Waals surface area (Å²) < 4.78 is 28.8. The Kier molecular flexibility index (Phi) is 8.72. The van der Waals surface area contributed by atoms with Crippen LogP contribution in [0.4, 0.5) is 8.78 Å². The minimum atomic E-state index is -0.411. The molecule has 0 radical (unpaired) electrons. The molecule has 0 saturated heterocycles. The van der Waals surface area contributed by atoms with Gasteiger partial charge in [-0.1, -0.05) is 20.3 Å². The third kappa shape index (κ3) is 8.36. The molecule has 16 heavy (non-hydrogen) atoms. The number of hydrogen-bond donors (Lipinski definition) is 0. The SMILES string of the molecule is CCCC(C)COC.Fc1ccc(F)cc1. The smallest absolute Gasteiger partial charge is 0.123 e. The Hall–Kier alpha value is -0.960. The summed E-state index contributed by atoms with van der Waals surface area (Å²) in [4.78, 5) is 0. The first-order valence-electron chi connectivity index (χ1n) is 5.50. The van der Waals surface area contributed by atoms with Gasteiger partial charge in [0, 0.05) is 13.7 Å². The monoisotopic (exact) mass is 230 g/mol. The molecule has 1 rings (SSSR count). The molecule has 1 nitrogen and oxygen atoms in total. The molecule has 0 fully saturated rings.